The highest BCUT2D eigenvalue weighted by Gasteiger charge is 2.08. The van der Waals surface area contributed by atoms with Crippen LogP contribution < -0.4 is 15.4 Å². The lowest BCUT2D eigenvalue weighted by molar-refractivity contribution is -0.140. The second-order valence-corrected chi connectivity index (χ2v) is 3.93. The van der Waals surface area contributed by atoms with Gasteiger partial charge in [-0.05, 0) is 13.8 Å². The zero-order valence-electron chi connectivity index (χ0n) is 11.6. The number of anilines is 2. The molecule has 106 valence electrons. The Bertz CT molecular complexity index is 425. The number of nitrogens with zero attached hydrogens (tertiary/aromatic N) is 3. The van der Waals surface area contributed by atoms with Gasteiger partial charge in [0.1, 0.15) is 0 Å². The summed E-state index contributed by atoms with van der Waals surface area (Å²) in [7, 11) is 3.05. The summed E-state index contributed by atoms with van der Waals surface area (Å²) < 4.78 is 9.95. The van der Waals surface area contributed by atoms with Crippen LogP contribution in [0.25, 0.3) is 0 Å². The summed E-state index contributed by atoms with van der Waals surface area (Å²) in [5, 5.41) is 5.73. The van der Waals surface area contributed by atoms with Crippen LogP contribution >= 0.6 is 0 Å². The molecule has 0 radical (unpaired) electrons. The van der Waals surface area contributed by atoms with Crippen LogP contribution in [-0.4, -0.2) is 47.7 Å². The average molecular weight is 269 g/mol. The lowest BCUT2D eigenvalue weighted by Gasteiger charge is -2.10. The lowest BCUT2D eigenvalue weighted by atomic mass is 10.4. The predicted octanol–water partition coefficient (Wildman–Crippen LogP) is 0.675. The van der Waals surface area contributed by atoms with Crippen LogP contribution in [0.4, 0.5) is 11.9 Å². The van der Waals surface area contributed by atoms with E-state index in [1.165, 1.54) is 7.11 Å². The summed E-state index contributed by atoms with van der Waals surface area (Å²) in [6.07, 6.45) is 0.201. The van der Waals surface area contributed by atoms with Crippen LogP contribution in [0.5, 0.6) is 6.01 Å². The van der Waals surface area contributed by atoms with Gasteiger partial charge >= 0.3 is 12.0 Å². The van der Waals surface area contributed by atoms with E-state index in [1.807, 2.05) is 13.8 Å². The average Bonchev–Trinajstić information content (AvgIpc) is 2.37. The SMILES string of the molecule is CNc1nc(NCCC(=O)OC)nc(OC(C)C)n1. The minimum Gasteiger partial charge on any atom is -0.469 e. The van der Waals surface area contributed by atoms with Crippen molar-refractivity contribution in [1.82, 2.24) is 15.0 Å². The van der Waals surface area contributed by atoms with Crippen LogP contribution in [0.3, 0.4) is 0 Å². The highest BCUT2D eigenvalue weighted by Crippen LogP contribution is 2.12. The molecule has 0 aliphatic carbocycles. The standard InChI is InChI=1S/C11H19N5O3/c1-7(2)19-11-15-9(12-3)14-10(16-11)13-6-5-8(17)18-4/h7H,5-6H2,1-4H3,(H2,12,13,14,15,16). The topological polar surface area (TPSA) is 98.3 Å². The molecule has 0 bridgehead atoms. The number of nitrogens with one attached hydrogen (secondary N) is 2. The first kappa shape index (κ1) is 14.9. The molecule has 0 saturated heterocycles. The first-order valence-corrected chi connectivity index (χ1v) is 5.96. The van der Waals surface area contributed by atoms with Gasteiger partial charge in [-0.1, -0.05) is 0 Å². The van der Waals surface area contributed by atoms with Crippen molar-refractivity contribution in [3.8, 4) is 6.01 Å². The van der Waals surface area contributed by atoms with Gasteiger partial charge in [-0.2, -0.15) is 15.0 Å². The molecular weight excluding hydrogens is 250 g/mol. The van der Waals surface area contributed by atoms with Gasteiger partial charge in [0.25, 0.3) is 0 Å². The summed E-state index contributed by atoms with van der Waals surface area (Å²) in [4.78, 5) is 23.3. The van der Waals surface area contributed by atoms with Crippen molar-refractivity contribution in [2.45, 2.75) is 26.4 Å². The number of carbonyl (C=O) groups excluding carboxylic acids is 1. The van der Waals surface area contributed by atoms with E-state index in [0.717, 1.165) is 0 Å². The molecule has 0 unspecified atom stereocenters. The van der Waals surface area contributed by atoms with E-state index in [0.29, 0.717) is 18.4 Å². The van der Waals surface area contributed by atoms with E-state index in [-0.39, 0.29) is 24.5 Å². The van der Waals surface area contributed by atoms with E-state index in [9.17, 15) is 4.79 Å². The molecule has 0 atom stereocenters. The maximum Gasteiger partial charge on any atom is 0.323 e. The molecule has 1 aromatic rings. The van der Waals surface area contributed by atoms with Crippen LogP contribution in [0, 0.1) is 0 Å². The minimum absolute atomic E-state index is 0.0324. The normalized spacial score (nSPS) is 10.2. The highest BCUT2D eigenvalue weighted by atomic mass is 16.5. The third kappa shape index (κ3) is 5.36. The molecule has 0 aromatic carbocycles. The van der Waals surface area contributed by atoms with Crippen molar-refractivity contribution in [2.24, 2.45) is 0 Å². The molecular formula is C11H19N5O3. The van der Waals surface area contributed by atoms with Crippen molar-refractivity contribution >= 4 is 17.9 Å². The molecule has 1 heterocycles. The molecule has 0 amide bonds. The molecule has 0 spiro atoms. The number of ether oxygens (including phenoxy) is 2. The number of esters is 1. The summed E-state index contributed by atoms with van der Waals surface area (Å²) in [5.41, 5.74) is 0. The van der Waals surface area contributed by atoms with Crippen molar-refractivity contribution in [3.63, 3.8) is 0 Å². The Morgan fingerprint density at radius 2 is 1.95 bits per heavy atom. The fourth-order valence-electron chi connectivity index (χ4n) is 1.19. The number of hydrogen-bond acceptors (Lipinski definition) is 8. The summed E-state index contributed by atoms with van der Waals surface area (Å²) in [6, 6.07) is 0.231. The Balaban J connectivity index is 2.68. The van der Waals surface area contributed by atoms with E-state index in [2.05, 4.69) is 30.3 Å². The fraction of sp³-hybridized carbons (Fsp3) is 0.636. The van der Waals surface area contributed by atoms with Crippen molar-refractivity contribution in [2.75, 3.05) is 31.3 Å². The number of rotatable bonds is 7. The van der Waals surface area contributed by atoms with E-state index >= 15 is 0 Å². The number of carbonyl (C=O) groups is 1. The second kappa shape index (κ2) is 7.34. The Kier molecular flexibility index (Phi) is 5.77. The Labute approximate surface area is 111 Å². The van der Waals surface area contributed by atoms with E-state index in [1.54, 1.807) is 7.05 Å². The maximum absolute atomic E-state index is 11.0. The van der Waals surface area contributed by atoms with E-state index in [4.69, 9.17) is 4.74 Å². The Morgan fingerprint density at radius 1 is 1.26 bits per heavy atom. The van der Waals surface area contributed by atoms with Crippen LogP contribution in [0.1, 0.15) is 20.3 Å². The zero-order valence-corrected chi connectivity index (χ0v) is 11.6. The molecule has 8 nitrogen and oxygen atoms in total. The second-order valence-electron chi connectivity index (χ2n) is 3.93. The molecule has 0 saturated carbocycles. The third-order valence-corrected chi connectivity index (χ3v) is 2.02. The van der Waals surface area contributed by atoms with Crippen molar-refractivity contribution < 1.29 is 14.3 Å². The summed E-state index contributed by atoms with van der Waals surface area (Å²) in [5.74, 6) is 0.444. The Hall–Kier alpha value is -2.12. The van der Waals surface area contributed by atoms with Crippen LogP contribution in [-0.2, 0) is 9.53 Å². The Morgan fingerprint density at radius 3 is 2.53 bits per heavy atom. The number of methoxy groups -OCH3 is 1. The predicted molar refractivity (Wildman–Crippen MR) is 70.3 cm³/mol. The molecule has 1 aromatic heterocycles. The molecule has 2 N–H and O–H groups in total. The first-order valence-electron chi connectivity index (χ1n) is 5.96. The van der Waals surface area contributed by atoms with Crippen molar-refractivity contribution in [1.29, 1.82) is 0 Å². The number of hydrogen-bond donors (Lipinski definition) is 2. The smallest absolute Gasteiger partial charge is 0.323 e. The van der Waals surface area contributed by atoms with Crippen LogP contribution in [0.2, 0.25) is 0 Å². The van der Waals surface area contributed by atoms with Gasteiger partial charge in [0.2, 0.25) is 11.9 Å². The molecule has 0 aliphatic rings. The monoisotopic (exact) mass is 269 g/mol. The largest absolute Gasteiger partial charge is 0.469 e. The maximum atomic E-state index is 11.0. The summed E-state index contributed by atoms with van der Waals surface area (Å²) in [6.45, 7) is 4.14. The van der Waals surface area contributed by atoms with Crippen LogP contribution in [0.15, 0.2) is 0 Å². The quantitative estimate of drug-likeness (QED) is 0.697. The highest BCUT2D eigenvalue weighted by molar-refractivity contribution is 5.69. The number of aromatic nitrogens is 3. The van der Waals surface area contributed by atoms with Gasteiger partial charge in [0.15, 0.2) is 0 Å². The molecule has 1 rings (SSSR count). The fourth-order valence-corrected chi connectivity index (χ4v) is 1.19. The summed E-state index contributed by atoms with van der Waals surface area (Å²) >= 11 is 0. The minimum atomic E-state index is -0.297. The molecule has 8 heteroatoms. The molecule has 0 fully saturated rings. The molecule has 19 heavy (non-hydrogen) atoms. The molecule has 0 aliphatic heterocycles. The van der Waals surface area contributed by atoms with Gasteiger partial charge in [0, 0.05) is 13.6 Å². The van der Waals surface area contributed by atoms with Gasteiger partial charge in [0.05, 0.1) is 19.6 Å². The van der Waals surface area contributed by atoms with Gasteiger partial charge in [-0.3, -0.25) is 4.79 Å². The lowest BCUT2D eigenvalue weighted by Crippen LogP contribution is -2.15. The van der Waals surface area contributed by atoms with Gasteiger partial charge in [-0.25, -0.2) is 0 Å². The van der Waals surface area contributed by atoms with Crippen molar-refractivity contribution in [3.05, 3.63) is 0 Å². The van der Waals surface area contributed by atoms with E-state index < -0.39 is 0 Å². The van der Waals surface area contributed by atoms with Gasteiger partial charge < -0.3 is 20.1 Å². The third-order valence-electron chi connectivity index (χ3n) is 2.02. The van der Waals surface area contributed by atoms with Gasteiger partial charge in [-0.15, -0.1) is 0 Å². The first-order chi connectivity index (χ1) is 9.05. The zero-order chi connectivity index (χ0) is 14.3.